The van der Waals surface area contributed by atoms with E-state index in [0.717, 1.165) is 5.56 Å². The molecule has 7 heteroatoms. The van der Waals surface area contributed by atoms with Crippen LogP contribution in [0.5, 0.6) is 0 Å². The molecule has 0 spiro atoms. The van der Waals surface area contributed by atoms with Crippen molar-refractivity contribution in [2.75, 3.05) is 29.4 Å². The Labute approximate surface area is 160 Å². The van der Waals surface area contributed by atoms with Gasteiger partial charge in [0.2, 0.25) is 0 Å². The molecule has 1 aliphatic rings. The van der Waals surface area contributed by atoms with Crippen LogP contribution in [0.15, 0.2) is 53.4 Å². The molecule has 27 heavy (non-hydrogen) atoms. The summed E-state index contributed by atoms with van der Waals surface area (Å²) in [5.41, 5.74) is 1.96. The van der Waals surface area contributed by atoms with Crippen LogP contribution in [0.4, 0.5) is 11.4 Å². The zero-order valence-corrected chi connectivity index (χ0v) is 16.5. The van der Waals surface area contributed by atoms with Gasteiger partial charge in [-0.3, -0.25) is 9.52 Å². The van der Waals surface area contributed by atoms with E-state index in [-0.39, 0.29) is 22.8 Å². The van der Waals surface area contributed by atoms with Crippen molar-refractivity contribution < 1.29 is 17.9 Å². The lowest BCUT2D eigenvalue weighted by atomic mass is 9.86. The second kappa shape index (κ2) is 7.32. The first-order valence-corrected chi connectivity index (χ1v) is 10.3. The standard InChI is InChI=1S/C20H24N2O4S/c1-20(2,3)17-6-4-5-7-18(17)21-27(24,25)16-10-8-15(9-11-16)22-12-13-26-14-19(22)23/h4-11,21H,12-14H2,1-3H3. The number of carbonyl (C=O) groups excluding carboxylic acids is 1. The minimum atomic E-state index is -3.74. The fourth-order valence-electron chi connectivity index (χ4n) is 3.03. The van der Waals surface area contributed by atoms with Crippen molar-refractivity contribution in [3.63, 3.8) is 0 Å². The molecule has 0 aliphatic carbocycles. The second-order valence-electron chi connectivity index (χ2n) is 7.49. The highest BCUT2D eigenvalue weighted by Crippen LogP contribution is 2.31. The maximum atomic E-state index is 12.8. The fourth-order valence-corrected chi connectivity index (χ4v) is 4.11. The number of benzene rings is 2. The van der Waals surface area contributed by atoms with Gasteiger partial charge >= 0.3 is 0 Å². The Balaban J connectivity index is 1.85. The van der Waals surface area contributed by atoms with Gasteiger partial charge in [0, 0.05) is 12.2 Å². The van der Waals surface area contributed by atoms with Gasteiger partial charge in [-0.05, 0) is 41.3 Å². The highest BCUT2D eigenvalue weighted by atomic mass is 32.2. The molecule has 1 aliphatic heterocycles. The number of carbonyl (C=O) groups is 1. The molecular weight excluding hydrogens is 364 g/mol. The van der Waals surface area contributed by atoms with Crippen molar-refractivity contribution in [2.24, 2.45) is 0 Å². The molecule has 1 fully saturated rings. The highest BCUT2D eigenvalue weighted by Gasteiger charge is 2.23. The van der Waals surface area contributed by atoms with Crippen LogP contribution in [-0.2, 0) is 25.0 Å². The third kappa shape index (κ3) is 4.31. The number of amides is 1. The van der Waals surface area contributed by atoms with Crippen LogP contribution in [-0.4, -0.2) is 34.1 Å². The molecule has 2 aromatic rings. The molecule has 0 aromatic heterocycles. The molecule has 1 N–H and O–H groups in total. The normalized spacial score (nSPS) is 15.7. The molecule has 144 valence electrons. The Morgan fingerprint density at radius 1 is 1.04 bits per heavy atom. The van der Waals surface area contributed by atoms with Crippen LogP contribution in [0.25, 0.3) is 0 Å². The molecule has 6 nitrogen and oxygen atoms in total. The van der Waals surface area contributed by atoms with Crippen molar-refractivity contribution >= 4 is 27.3 Å². The lowest BCUT2D eigenvalue weighted by Crippen LogP contribution is -2.41. The van der Waals surface area contributed by atoms with Crippen LogP contribution in [0.2, 0.25) is 0 Å². The molecular formula is C20H24N2O4S. The van der Waals surface area contributed by atoms with Crippen LogP contribution < -0.4 is 9.62 Å². The SMILES string of the molecule is CC(C)(C)c1ccccc1NS(=O)(=O)c1ccc(N2CCOCC2=O)cc1. The Bertz CT molecular complexity index is 931. The summed E-state index contributed by atoms with van der Waals surface area (Å²) in [5.74, 6) is -0.130. The number of anilines is 2. The van der Waals surface area contributed by atoms with Crippen molar-refractivity contribution in [3.05, 3.63) is 54.1 Å². The topological polar surface area (TPSA) is 75.7 Å². The van der Waals surface area contributed by atoms with Crippen molar-refractivity contribution in [3.8, 4) is 0 Å². The summed E-state index contributed by atoms with van der Waals surface area (Å²) in [6, 6.07) is 13.7. The summed E-state index contributed by atoms with van der Waals surface area (Å²) in [6.07, 6.45) is 0. The van der Waals surface area contributed by atoms with Crippen LogP contribution in [0.3, 0.4) is 0 Å². The molecule has 1 amide bonds. The van der Waals surface area contributed by atoms with Crippen LogP contribution in [0.1, 0.15) is 26.3 Å². The monoisotopic (exact) mass is 388 g/mol. The van der Waals surface area contributed by atoms with Crippen LogP contribution >= 0.6 is 0 Å². The molecule has 3 rings (SSSR count). The maximum Gasteiger partial charge on any atom is 0.261 e. The first-order chi connectivity index (χ1) is 12.7. The molecule has 0 saturated carbocycles. The van der Waals surface area contributed by atoms with Gasteiger partial charge in [0.05, 0.1) is 17.2 Å². The van der Waals surface area contributed by atoms with E-state index in [2.05, 4.69) is 4.72 Å². The average molecular weight is 388 g/mol. The van der Waals surface area contributed by atoms with E-state index < -0.39 is 10.0 Å². The quantitative estimate of drug-likeness (QED) is 0.873. The largest absolute Gasteiger partial charge is 0.370 e. The van der Waals surface area contributed by atoms with Gasteiger partial charge in [-0.1, -0.05) is 39.0 Å². The lowest BCUT2D eigenvalue weighted by molar-refractivity contribution is -0.125. The number of para-hydroxylation sites is 1. The van der Waals surface area contributed by atoms with Gasteiger partial charge in [0.1, 0.15) is 6.61 Å². The molecule has 0 bridgehead atoms. The number of ether oxygens (including phenoxy) is 1. The minimum Gasteiger partial charge on any atom is -0.370 e. The Kier molecular flexibility index (Phi) is 5.26. The Hall–Kier alpha value is -2.38. The third-order valence-electron chi connectivity index (χ3n) is 4.42. The Morgan fingerprint density at radius 3 is 2.33 bits per heavy atom. The summed E-state index contributed by atoms with van der Waals surface area (Å²) in [7, 11) is -3.74. The smallest absolute Gasteiger partial charge is 0.261 e. The summed E-state index contributed by atoms with van der Waals surface area (Å²) in [6.45, 7) is 7.08. The molecule has 0 unspecified atom stereocenters. The summed E-state index contributed by atoms with van der Waals surface area (Å²) in [5, 5.41) is 0. The first-order valence-electron chi connectivity index (χ1n) is 8.79. The summed E-state index contributed by atoms with van der Waals surface area (Å²) >= 11 is 0. The van der Waals surface area contributed by atoms with E-state index in [4.69, 9.17) is 4.74 Å². The number of hydrogen-bond donors (Lipinski definition) is 1. The van der Waals surface area contributed by atoms with Gasteiger partial charge in [-0.15, -0.1) is 0 Å². The van der Waals surface area contributed by atoms with Gasteiger partial charge in [-0.25, -0.2) is 8.42 Å². The summed E-state index contributed by atoms with van der Waals surface area (Å²) < 4.78 is 33.5. The van der Waals surface area contributed by atoms with E-state index >= 15 is 0 Å². The molecule has 1 heterocycles. The minimum absolute atomic E-state index is 0.0468. The zero-order valence-electron chi connectivity index (χ0n) is 15.7. The van der Waals surface area contributed by atoms with Gasteiger partial charge < -0.3 is 9.64 Å². The van der Waals surface area contributed by atoms with E-state index in [1.807, 2.05) is 32.9 Å². The van der Waals surface area contributed by atoms with Gasteiger partial charge in [0.25, 0.3) is 15.9 Å². The average Bonchev–Trinajstić information content (AvgIpc) is 2.61. The van der Waals surface area contributed by atoms with E-state index in [9.17, 15) is 13.2 Å². The molecule has 2 aromatic carbocycles. The first kappa shape index (κ1) is 19.4. The number of nitrogens with one attached hydrogen (secondary N) is 1. The Morgan fingerprint density at radius 2 is 1.70 bits per heavy atom. The van der Waals surface area contributed by atoms with Crippen molar-refractivity contribution in [1.82, 2.24) is 0 Å². The molecule has 1 saturated heterocycles. The van der Waals surface area contributed by atoms with E-state index in [1.165, 1.54) is 12.1 Å². The summed E-state index contributed by atoms with van der Waals surface area (Å²) in [4.78, 5) is 13.7. The predicted octanol–water partition coefficient (Wildman–Crippen LogP) is 3.15. The lowest BCUT2D eigenvalue weighted by Gasteiger charge is -2.27. The van der Waals surface area contributed by atoms with Crippen LogP contribution in [0, 0.1) is 0 Å². The fraction of sp³-hybridized carbons (Fsp3) is 0.350. The predicted molar refractivity (Wildman–Crippen MR) is 106 cm³/mol. The third-order valence-corrected chi connectivity index (χ3v) is 5.81. The van der Waals surface area contributed by atoms with E-state index in [1.54, 1.807) is 29.2 Å². The second-order valence-corrected chi connectivity index (χ2v) is 9.18. The zero-order chi connectivity index (χ0) is 19.7. The van der Waals surface area contributed by atoms with Crippen molar-refractivity contribution in [2.45, 2.75) is 31.1 Å². The number of rotatable bonds is 4. The molecule has 0 radical (unpaired) electrons. The van der Waals surface area contributed by atoms with Crippen molar-refractivity contribution in [1.29, 1.82) is 0 Å². The highest BCUT2D eigenvalue weighted by molar-refractivity contribution is 7.92. The maximum absolute atomic E-state index is 12.8. The number of morpholine rings is 1. The van der Waals surface area contributed by atoms with Gasteiger partial charge in [0.15, 0.2) is 0 Å². The van der Waals surface area contributed by atoms with Gasteiger partial charge in [-0.2, -0.15) is 0 Å². The van der Waals surface area contributed by atoms with E-state index in [0.29, 0.717) is 24.5 Å². The number of nitrogens with zero attached hydrogens (tertiary/aromatic N) is 1. The molecule has 0 atom stereocenters. The number of sulfonamides is 1. The number of hydrogen-bond acceptors (Lipinski definition) is 4.